The summed E-state index contributed by atoms with van der Waals surface area (Å²) in [4.78, 5) is 30.2. The number of halogens is 2. The van der Waals surface area contributed by atoms with Crippen LogP contribution in [0.25, 0.3) is 10.9 Å². The van der Waals surface area contributed by atoms with E-state index in [-0.39, 0.29) is 29.3 Å². The van der Waals surface area contributed by atoms with Crippen LogP contribution in [0.2, 0.25) is 0 Å². The van der Waals surface area contributed by atoms with Gasteiger partial charge >= 0.3 is 0 Å². The summed E-state index contributed by atoms with van der Waals surface area (Å²) in [7, 11) is 0. The molecule has 2 aromatic carbocycles. The van der Waals surface area contributed by atoms with Crippen LogP contribution in [-0.2, 0) is 4.79 Å². The van der Waals surface area contributed by atoms with E-state index in [9.17, 15) is 14.9 Å². The van der Waals surface area contributed by atoms with E-state index in [4.69, 9.17) is 4.74 Å². The number of aldehydes is 1. The van der Waals surface area contributed by atoms with Gasteiger partial charge in [-0.15, -0.1) is 0 Å². The second kappa shape index (κ2) is 10.2. The number of carbonyl (C=O) groups is 2. The monoisotopic (exact) mass is 546 g/mol. The molecule has 2 aliphatic rings. The minimum atomic E-state index is -0.802. The number of ether oxygens (including phenoxy) is 1. The van der Waals surface area contributed by atoms with Gasteiger partial charge in [-0.05, 0) is 49.2 Å². The van der Waals surface area contributed by atoms with E-state index < -0.39 is 28.4 Å². The number of benzene rings is 2. The summed E-state index contributed by atoms with van der Waals surface area (Å²) < 4.78 is 36.7. The molecule has 208 valence electrons. The van der Waals surface area contributed by atoms with Crippen LogP contribution in [0.1, 0.15) is 56.5 Å². The van der Waals surface area contributed by atoms with Crippen LogP contribution in [0.15, 0.2) is 42.6 Å². The lowest BCUT2D eigenvalue weighted by Crippen LogP contribution is -2.74. The Morgan fingerprint density at radius 2 is 1.77 bits per heavy atom. The number of pyridine rings is 1. The summed E-state index contributed by atoms with van der Waals surface area (Å²) in [6.45, 7) is 8.66. The fourth-order valence-corrected chi connectivity index (χ4v) is 6.74. The molecule has 40 heavy (non-hydrogen) atoms. The predicted molar refractivity (Wildman–Crippen MR) is 147 cm³/mol. The number of aromatic nitrogens is 1. The normalized spacial score (nSPS) is 21.8. The molecule has 0 atom stereocenters. The molecule has 1 aliphatic carbocycles. The number of nitriles is 1. The van der Waals surface area contributed by atoms with Gasteiger partial charge in [-0.1, -0.05) is 27.7 Å². The quantitative estimate of drug-likeness (QED) is 0.416. The first kappa shape index (κ1) is 27.5. The molecule has 5 rings (SSSR count). The Balaban J connectivity index is 1.33. The zero-order valence-corrected chi connectivity index (χ0v) is 23.0. The van der Waals surface area contributed by atoms with Gasteiger partial charge in [0, 0.05) is 53.0 Å². The van der Waals surface area contributed by atoms with Crippen molar-refractivity contribution in [2.75, 3.05) is 18.0 Å². The molecule has 7 nitrogen and oxygen atoms in total. The first-order chi connectivity index (χ1) is 19.0. The first-order valence-corrected chi connectivity index (χ1v) is 13.4. The van der Waals surface area contributed by atoms with E-state index in [1.54, 1.807) is 29.3 Å². The molecule has 1 N–H and O–H groups in total. The number of anilines is 1. The molecule has 1 amide bonds. The Hall–Kier alpha value is -4.06. The minimum absolute atomic E-state index is 0.0956. The van der Waals surface area contributed by atoms with Crippen molar-refractivity contribution in [3.05, 3.63) is 65.4 Å². The molecule has 0 bridgehead atoms. The molecular formula is C31H32F2N4O3. The summed E-state index contributed by atoms with van der Waals surface area (Å²) >= 11 is 0. The van der Waals surface area contributed by atoms with E-state index in [0.29, 0.717) is 42.8 Å². The Morgan fingerprint density at radius 3 is 2.38 bits per heavy atom. The number of nitrogens with one attached hydrogen (secondary N) is 1. The Bertz CT molecular complexity index is 1480. The smallest absolute Gasteiger partial charge is 0.251 e. The summed E-state index contributed by atoms with van der Waals surface area (Å²) in [6, 6.07) is 11.0. The predicted octanol–water partition coefficient (Wildman–Crippen LogP) is 5.41. The highest BCUT2D eigenvalue weighted by Gasteiger charge is 2.64. The summed E-state index contributed by atoms with van der Waals surface area (Å²) in [5.41, 5.74) is -0.299. The number of nitrogens with zero attached hydrogens (tertiary/aromatic N) is 3. The van der Waals surface area contributed by atoms with Crippen LogP contribution in [-0.4, -0.2) is 42.4 Å². The third-order valence-electron chi connectivity index (χ3n) is 8.54. The van der Waals surface area contributed by atoms with Crippen LogP contribution in [0.4, 0.5) is 14.5 Å². The van der Waals surface area contributed by atoms with Gasteiger partial charge in [0.15, 0.2) is 0 Å². The topological polar surface area (TPSA) is 95.3 Å². The highest BCUT2D eigenvalue weighted by atomic mass is 19.1. The number of hydrogen-bond donors (Lipinski definition) is 1. The molecule has 9 heteroatoms. The van der Waals surface area contributed by atoms with Gasteiger partial charge in [-0.25, -0.2) is 8.78 Å². The number of amides is 1. The van der Waals surface area contributed by atoms with E-state index in [0.717, 1.165) is 23.8 Å². The van der Waals surface area contributed by atoms with Crippen molar-refractivity contribution >= 4 is 28.8 Å². The number of hydrogen-bond acceptors (Lipinski definition) is 6. The lowest BCUT2D eigenvalue weighted by atomic mass is 9.49. The molecule has 2 fully saturated rings. The zero-order valence-electron chi connectivity index (χ0n) is 23.0. The molecule has 3 aromatic rings. The van der Waals surface area contributed by atoms with Gasteiger partial charge in [0.25, 0.3) is 5.91 Å². The van der Waals surface area contributed by atoms with Crippen LogP contribution in [0, 0.1) is 39.7 Å². The van der Waals surface area contributed by atoms with Crippen molar-refractivity contribution in [3.8, 4) is 11.8 Å². The number of fused-ring (bicyclic) bond motifs is 1. The zero-order chi connectivity index (χ0) is 28.8. The SMILES string of the molecule is CC1(C)C(NC(=O)c2cc(F)c(N3CCC(C=O)CC3)c(F)c2)C(C)(C)C1Oc1ccc(C#N)c2ncccc12. The summed E-state index contributed by atoms with van der Waals surface area (Å²) in [5.74, 6) is -1.67. The van der Waals surface area contributed by atoms with Crippen molar-refractivity contribution in [1.82, 2.24) is 10.3 Å². The van der Waals surface area contributed by atoms with E-state index in [1.807, 2.05) is 33.8 Å². The van der Waals surface area contributed by atoms with Crippen molar-refractivity contribution in [3.63, 3.8) is 0 Å². The Kier molecular flexibility index (Phi) is 6.99. The highest BCUT2D eigenvalue weighted by molar-refractivity contribution is 5.95. The maximum atomic E-state index is 15.1. The average molecular weight is 547 g/mol. The lowest BCUT2D eigenvalue weighted by molar-refractivity contribution is -0.163. The third-order valence-corrected chi connectivity index (χ3v) is 8.54. The molecule has 1 aromatic heterocycles. The van der Waals surface area contributed by atoms with Crippen molar-refractivity contribution in [2.45, 2.75) is 52.7 Å². The third kappa shape index (κ3) is 4.55. The van der Waals surface area contributed by atoms with Crippen LogP contribution >= 0.6 is 0 Å². The maximum absolute atomic E-state index is 15.1. The van der Waals surface area contributed by atoms with Crippen molar-refractivity contribution in [2.24, 2.45) is 16.7 Å². The molecule has 1 aliphatic heterocycles. The second-order valence-corrected chi connectivity index (χ2v) is 11.9. The average Bonchev–Trinajstić information content (AvgIpc) is 2.93. The van der Waals surface area contributed by atoms with E-state index >= 15 is 8.78 Å². The Morgan fingerprint density at radius 1 is 1.12 bits per heavy atom. The summed E-state index contributed by atoms with van der Waals surface area (Å²) in [5, 5.41) is 13.2. The molecule has 0 radical (unpaired) electrons. The van der Waals surface area contributed by atoms with Crippen LogP contribution in [0.5, 0.6) is 5.75 Å². The van der Waals surface area contributed by atoms with E-state index in [1.165, 1.54) is 0 Å². The highest BCUT2D eigenvalue weighted by Crippen LogP contribution is 2.56. The van der Waals surface area contributed by atoms with Gasteiger partial charge in [-0.3, -0.25) is 9.78 Å². The van der Waals surface area contributed by atoms with Gasteiger partial charge in [-0.2, -0.15) is 5.26 Å². The van der Waals surface area contributed by atoms with Crippen LogP contribution < -0.4 is 15.0 Å². The van der Waals surface area contributed by atoms with Gasteiger partial charge in [0.1, 0.15) is 41.5 Å². The number of rotatable bonds is 6. The standard InChI is InChI=1S/C31H32F2N4O3/c1-30(2)28(31(3,4)29(30)40-24-8-7-19(16-34)25-21(24)6-5-11-35-25)36-27(39)20-14-22(32)26(23(33)15-20)37-12-9-18(17-38)10-13-37/h5-8,11,14-15,17-18,28-29H,9-10,12-13H2,1-4H3,(H,36,39). The maximum Gasteiger partial charge on any atom is 0.251 e. The fourth-order valence-electron chi connectivity index (χ4n) is 6.74. The second-order valence-electron chi connectivity index (χ2n) is 11.9. The first-order valence-electron chi connectivity index (χ1n) is 13.4. The number of carbonyl (C=O) groups excluding carboxylic acids is 2. The van der Waals surface area contributed by atoms with Crippen LogP contribution in [0.3, 0.4) is 0 Å². The molecule has 1 saturated carbocycles. The molecule has 1 saturated heterocycles. The fraction of sp³-hybridized carbons (Fsp3) is 0.419. The molecule has 0 spiro atoms. The van der Waals surface area contributed by atoms with Gasteiger partial charge in [0.05, 0.1) is 11.1 Å². The largest absolute Gasteiger partial charge is 0.488 e. The minimum Gasteiger partial charge on any atom is -0.488 e. The van der Waals surface area contributed by atoms with Gasteiger partial charge in [0.2, 0.25) is 0 Å². The Labute approximate surface area is 232 Å². The van der Waals surface area contributed by atoms with E-state index in [2.05, 4.69) is 16.4 Å². The molecule has 0 unspecified atom stereocenters. The molecular weight excluding hydrogens is 514 g/mol. The lowest BCUT2D eigenvalue weighted by Gasteiger charge is -2.63. The van der Waals surface area contributed by atoms with Gasteiger partial charge < -0.3 is 19.7 Å². The summed E-state index contributed by atoms with van der Waals surface area (Å²) in [6.07, 6.45) is 3.28. The van der Waals surface area contributed by atoms with Crippen molar-refractivity contribution < 1.29 is 23.1 Å². The molecule has 2 heterocycles. The number of piperidine rings is 1. The van der Waals surface area contributed by atoms with Crippen molar-refractivity contribution in [1.29, 1.82) is 5.26 Å².